The molecule has 2 aliphatic rings. The van der Waals surface area contributed by atoms with Gasteiger partial charge in [-0.25, -0.2) is 8.78 Å². The molecule has 0 unspecified atom stereocenters. The molecule has 2 aliphatic carbocycles. The molecule has 0 saturated heterocycles. The van der Waals surface area contributed by atoms with Gasteiger partial charge in [0.2, 0.25) is 0 Å². The van der Waals surface area contributed by atoms with Gasteiger partial charge in [0.15, 0.2) is 0 Å². The first-order valence-electron chi connectivity index (χ1n) is 14.0. The van der Waals surface area contributed by atoms with Gasteiger partial charge < -0.3 is 0 Å². The molecule has 1 aromatic carbocycles. The molecule has 3 heteroatoms. The predicted octanol–water partition coefficient (Wildman–Crippen LogP) is 9.84. The number of nitriles is 1. The summed E-state index contributed by atoms with van der Waals surface area (Å²) in [4.78, 5) is 0. The summed E-state index contributed by atoms with van der Waals surface area (Å²) in [5, 5.41) is 8.87. The number of nitrogens with zero attached hydrogens (tertiary/aromatic N) is 1. The summed E-state index contributed by atoms with van der Waals surface area (Å²) >= 11 is 0. The summed E-state index contributed by atoms with van der Waals surface area (Å²) in [5.74, 6) is 1.50. The van der Waals surface area contributed by atoms with Crippen molar-refractivity contribution in [1.82, 2.24) is 0 Å². The van der Waals surface area contributed by atoms with Crippen molar-refractivity contribution in [2.75, 3.05) is 0 Å². The van der Waals surface area contributed by atoms with Gasteiger partial charge in [-0.15, -0.1) is 0 Å². The lowest BCUT2D eigenvalue weighted by Gasteiger charge is -2.32. The molecule has 1 nitrogen and oxygen atoms in total. The Labute approximate surface area is 201 Å². The van der Waals surface area contributed by atoms with Gasteiger partial charge in [-0.3, -0.25) is 0 Å². The van der Waals surface area contributed by atoms with Gasteiger partial charge in [-0.1, -0.05) is 96.8 Å². The Kier molecular flexibility index (Phi) is 11.2. The van der Waals surface area contributed by atoms with Crippen molar-refractivity contribution in [2.24, 2.45) is 17.8 Å². The van der Waals surface area contributed by atoms with Gasteiger partial charge in [0.1, 0.15) is 23.3 Å². The molecule has 0 aromatic heterocycles. The molecule has 1 aromatic rings. The van der Waals surface area contributed by atoms with Crippen molar-refractivity contribution >= 4 is 0 Å². The molecule has 0 amide bonds. The third-order valence-electron chi connectivity index (χ3n) is 8.66. The smallest absolute Gasteiger partial charge is 0.144 e. The maximum Gasteiger partial charge on any atom is 0.144 e. The van der Waals surface area contributed by atoms with E-state index < -0.39 is 17.2 Å². The number of rotatable bonds is 12. The monoisotopic (exact) mass is 457 g/mol. The Bertz CT molecular complexity index is 713. The molecule has 0 radical (unpaired) electrons. The Morgan fingerprint density at radius 2 is 1.15 bits per heavy atom. The van der Waals surface area contributed by atoms with E-state index in [0.29, 0.717) is 0 Å². The minimum atomic E-state index is -0.711. The number of hydrogen-bond acceptors (Lipinski definition) is 1. The molecule has 0 spiro atoms. The van der Waals surface area contributed by atoms with Crippen LogP contribution >= 0.6 is 0 Å². The van der Waals surface area contributed by atoms with E-state index in [4.69, 9.17) is 5.26 Å². The van der Waals surface area contributed by atoms with Crippen LogP contribution in [0.2, 0.25) is 0 Å². The Hall–Kier alpha value is -1.43. The zero-order valence-electron chi connectivity index (χ0n) is 20.9. The molecule has 0 bridgehead atoms. The van der Waals surface area contributed by atoms with Crippen molar-refractivity contribution in [2.45, 2.75) is 128 Å². The molecule has 0 N–H and O–H groups in total. The first kappa shape index (κ1) is 26.2. The molecule has 0 aliphatic heterocycles. The van der Waals surface area contributed by atoms with E-state index in [9.17, 15) is 8.78 Å². The highest BCUT2D eigenvalue weighted by molar-refractivity contribution is 5.36. The maximum absolute atomic E-state index is 14.0. The fourth-order valence-electron chi connectivity index (χ4n) is 6.39. The molecule has 0 heterocycles. The van der Waals surface area contributed by atoms with Crippen LogP contribution in [-0.2, 0) is 0 Å². The second-order valence-corrected chi connectivity index (χ2v) is 11.1. The second kappa shape index (κ2) is 14.1. The number of halogens is 2. The summed E-state index contributed by atoms with van der Waals surface area (Å²) in [5.41, 5.74) is 0.284. The zero-order valence-corrected chi connectivity index (χ0v) is 20.9. The van der Waals surface area contributed by atoms with Crippen molar-refractivity contribution < 1.29 is 8.78 Å². The first-order chi connectivity index (χ1) is 16.1. The first-order valence-corrected chi connectivity index (χ1v) is 14.0. The zero-order chi connectivity index (χ0) is 23.5. The maximum atomic E-state index is 14.0. The van der Waals surface area contributed by atoms with Crippen LogP contribution in [0.4, 0.5) is 8.78 Å². The van der Waals surface area contributed by atoms with E-state index >= 15 is 0 Å². The van der Waals surface area contributed by atoms with Gasteiger partial charge in [-0.05, 0) is 67.1 Å². The second-order valence-electron chi connectivity index (χ2n) is 11.1. The minimum absolute atomic E-state index is 0.236. The summed E-state index contributed by atoms with van der Waals surface area (Å²) in [6.07, 6.45) is 24.2. The van der Waals surface area contributed by atoms with Gasteiger partial charge in [-0.2, -0.15) is 5.26 Å². The number of hydrogen-bond donors (Lipinski definition) is 0. The van der Waals surface area contributed by atoms with Crippen LogP contribution in [0, 0.1) is 40.7 Å². The molecular weight excluding hydrogens is 412 g/mol. The lowest BCUT2D eigenvalue weighted by atomic mass is 9.74. The van der Waals surface area contributed by atoms with Crippen LogP contribution in [0.25, 0.3) is 0 Å². The highest BCUT2D eigenvalue weighted by Crippen LogP contribution is 2.40. The van der Waals surface area contributed by atoms with Crippen LogP contribution in [0.1, 0.15) is 140 Å². The van der Waals surface area contributed by atoms with Gasteiger partial charge in [0, 0.05) is 0 Å². The minimum Gasteiger partial charge on any atom is -0.205 e. The standard InChI is InChI=1S/C30H45F2N/c1-2-3-4-5-6-7-8-9-23-10-12-24(13-11-23)14-15-25-16-18-26(19-17-25)27-20-29(31)28(22-33)30(32)21-27/h20-21,23-26H,2-19H2,1H3/t23-,24-,25-,26-. The fraction of sp³-hybridized carbons (Fsp3) is 0.767. The molecular formula is C30H45F2N. The summed E-state index contributed by atoms with van der Waals surface area (Å²) in [7, 11) is 0. The Balaban J connectivity index is 1.27. The highest BCUT2D eigenvalue weighted by Gasteiger charge is 2.26. The van der Waals surface area contributed by atoms with E-state index in [2.05, 4.69) is 6.92 Å². The molecule has 184 valence electrons. The predicted molar refractivity (Wildman–Crippen MR) is 133 cm³/mol. The van der Waals surface area contributed by atoms with Crippen LogP contribution in [0.5, 0.6) is 0 Å². The summed E-state index contributed by atoms with van der Waals surface area (Å²) < 4.78 is 28.0. The largest absolute Gasteiger partial charge is 0.205 e. The Morgan fingerprint density at radius 1 is 0.697 bits per heavy atom. The number of unbranched alkanes of at least 4 members (excludes halogenated alkanes) is 6. The van der Waals surface area contributed by atoms with Crippen LogP contribution in [0.15, 0.2) is 12.1 Å². The quantitative estimate of drug-likeness (QED) is 0.286. The lowest BCUT2D eigenvalue weighted by molar-refractivity contribution is 0.222. The molecule has 0 atom stereocenters. The van der Waals surface area contributed by atoms with Crippen molar-refractivity contribution in [3.8, 4) is 6.07 Å². The van der Waals surface area contributed by atoms with Crippen molar-refractivity contribution in [3.63, 3.8) is 0 Å². The fourth-order valence-corrected chi connectivity index (χ4v) is 6.39. The molecule has 3 rings (SSSR count). The van der Waals surface area contributed by atoms with Gasteiger partial charge in [0.25, 0.3) is 0 Å². The third-order valence-corrected chi connectivity index (χ3v) is 8.66. The average Bonchev–Trinajstić information content (AvgIpc) is 2.83. The third kappa shape index (κ3) is 8.38. The normalized spacial score (nSPS) is 25.6. The molecule has 2 fully saturated rings. The van der Waals surface area contributed by atoms with Crippen molar-refractivity contribution in [3.05, 3.63) is 34.9 Å². The van der Waals surface area contributed by atoms with Crippen LogP contribution in [-0.4, -0.2) is 0 Å². The SMILES string of the molecule is CCCCCCCCC[C@H]1CC[C@H](CC[C@H]2CC[C@H](c3cc(F)c(C#N)c(F)c3)CC2)CC1. The van der Waals surface area contributed by atoms with Gasteiger partial charge >= 0.3 is 0 Å². The van der Waals surface area contributed by atoms with E-state index in [1.165, 1.54) is 115 Å². The van der Waals surface area contributed by atoms with E-state index in [0.717, 1.165) is 36.2 Å². The topological polar surface area (TPSA) is 23.8 Å². The number of benzene rings is 1. The van der Waals surface area contributed by atoms with Gasteiger partial charge in [0.05, 0.1) is 0 Å². The van der Waals surface area contributed by atoms with Crippen LogP contribution in [0.3, 0.4) is 0 Å². The average molecular weight is 458 g/mol. The van der Waals surface area contributed by atoms with Crippen LogP contribution < -0.4 is 0 Å². The molecule has 2 saturated carbocycles. The lowest BCUT2D eigenvalue weighted by Crippen LogP contribution is -2.18. The van der Waals surface area contributed by atoms with E-state index in [-0.39, 0.29) is 5.92 Å². The molecule has 33 heavy (non-hydrogen) atoms. The van der Waals surface area contributed by atoms with Crippen molar-refractivity contribution in [1.29, 1.82) is 5.26 Å². The highest BCUT2D eigenvalue weighted by atomic mass is 19.1. The summed E-state index contributed by atoms with van der Waals surface area (Å²) in [6.45, 7) is 2.28. The summed E-state index contributed by atoms with van der Waals surface area (Å²) in [6, 6.07) is 4.40. The van der Waals surface area contributed by atoms with E-state index in [1.807, 2.05) is 0 Å². The Morgan fingerprint density at radius 3 is 1.67 bits per heavy atom. The van der Waals surface area contributed by atoms with E-state index in [1.54, 1.807) is 6.07 Å².